The number of hydrogen-bond acceptors (Lipinski definition) is 5. The lowest BCUT2D eigenvalue weighted by Gasteiger charge is -2.16. The summed E-state index contributed by atoms with van der Waals surface area (Å²) in [6, 6.07) is 3.79. The Morgan fingerprint density at radius 1 is 1.35 bits per heavy atom. The maximum atomic E-state index is 11.6. The Balaban J connectivity index is 1.59. The molecule has 7 nitrogen and oxygen atoms in total. The van der Waals surface area contributed by atoms with Crippen LogP contribution in [0.15, 0.2) is 23.3 Å². The molecule has 1 unspecified atom stereocenters. The Labute approximate surface area is 155 Å². The minimum atomic E-state index is -2.91. The van der Waals surface area contributed by atoms with Crippen molar-refractivity contribution in [3.05, 3.63) is 23.9 Å². The molecule has 0 radical (unpaired) electrons. The summed E-state index contributed by atoms with van der Waals surface area (Å²) in [5.74, 6) is 1.72. The van der Waals surface area contributed by atoms with Gasteiger partial charge in [0.2, 0.25) is 5.88 Å². The van der Waals surface area contributed by atoms with Crippen molar-refractivity contribution >= 4 is 15.8 Å². The highest BCUT2D eigenvalue weighted by Crippen LogP contribution is 2.23. The zero-order valence-electron chi connectivity index (χ0n) is 15.3. The molecule has 2 fully saturated rings. The molecule has 3 rings (SSSR count). The van der Waals surface area contributed by atoms with E-state index in [1.807, 2.05) is 19.1 Å². The third-order valence-electron chi connectivity index (χ3n) is 4.73. The Hall–Kier alpha value is -1.83. The summed E-state index contributed by atoms with van der Waals surface area (Å²) in [6.07, 6.45) is 7.31. The lowest BCUT2D eigenvalue weighted by molar-refractivity contribution is 0.201. The summed E-state index contributed by atoms with van der Waals surface area (Å²) in [7, 11) is -2.91. The smallest absolute Gasteiger partial charge is 0.213 e. The Kier molecular flexibility index (Phi) is 6.34. The van der Waals surface area contributed by atoms with E-state index in [1.165, 1.54) is 12.8 Å². The number of sulfone groups is 1. The van der Waals surface area contributed by atoms with Crippen LogP contribution in [0.25, 0.3) is 0 Å². The number of nitrogens with zero attached hydrogens (tertiary/aromatic N) is 2. The molecule has 2 heterocycles. The average Bonchev–Trinajstić information content (AvgIpc) is 3.22. The number of nitrogens with one attached hydrogen (secondary N) is 2. The van der Waals surface area contributed by atoms with Crippen LogP contribution in [0.2, 0.25) is 0 Å². The van der Waals surface area contributed by atoms with Gasteiger partial charge in [0, 0.05) is 24.8 Å². The van der Waals surface area contributed by atoms with Gasteiger partial charge < -0.3 is 15.4 Å². The van der Waals surface area contributed by atoms with E-state index >= 15 is 0 Å². The molecule has 1 aromatic rings. The lowest BCUT2D eigenvalue weighted by atomic mass is 10.2. The van der Waals surface area contributed by atoms with Gasteiger partial charge in [0.05, 0.1) is 18.1 Å². The summed E-state index contributed by atoms with van der Waals surface area (Å²) in [6.45, 7) is 3.19. The molecular formula is C18H28N4O3S. The Morgan fingerprint density at radius 3 is 2.85 bits per heavy atom. The zero-order chi connectivity index (χ0) is 18.4. The van der Waals surface area contributed by atoms with Gasteiger partial charge in [-0.15, -0.1) is 0 Å². The molecule has 1 saturated heterocycles. The monoisotopic (exact) mass is 380 g/mol. The molecule has 0 bridgehead atoms. The quantitative estimate of drug-likeness (QED) is 0.576. The van der Waals surface area contributed by atoms with Gasteiger partial charge in [-0.05, 0) is 50.7 Å². The number of ether oxygens (including phenoxy) is 1. The predicted octanol–water partition coefficient (Wildman–Crippen LogP) is 1.65. The van der Waals surface area contributed by atoms with E-state index in [0.29, 0.717) is 24.8 Å². The topological polar surface area (TPSA) is 92.7 Å². The van der Waals surface area contributed by atoms with Crippen LogP contribution in [0.5, 0.6) is 5.88 Å². The molecule has 1 saturated carbocycles. The number of aliphatic imine (C=N–C) groups is 1. The van der Waals surface area contributed by atoms with E-state index in [0.717, 1.165) is 24.9 Å². The molecule has 0 amide bonds. The van der Waals surface area contributed by atoms with Gasteiger partial charge in [0.15, 0.2) is 15.8 Å². The third-order valence-corrected chi connectivity index (χ3v) is 6.49. The van der Waals surface area contributed by atoms with Gasteiger partial charge in [-0.2, -0.15) is 0 Å². The minimum Gasteiger partial charge on any atom is -0.474 e. The van der Waals surface area contributed by atoms with Crippen molar-refractivity contribution in [2.75, 3.05) is 18.1 Å². The summed E-state index contributed by atoms with van der Waals surface area (Å²) in [5.41, 5.74) is 1.02. The predicted molar refractivity (Wildman–Crippen MR) is 102 cm³/mol. The molecule has 1 aromatic heterocycles. The fraction of sp³-hybridized carbons (Fsp3) is 0.667. The first-order valence-corrected chi connectivity index (χ1v) is 11.2. The Bertz CT molecular complexity index is 730. The van der Waals surface area contributed by atoms with Gasteiger partial charge in [-0.1, -0.05) is 0 Å². The van der Waals surface area contributed by atoms with Gasteiger partial charge in [0.1, 0.15) is 6.10 Å². The van der Waals surface area contributed by atoms with Crippen LogP contribution in [0.3, 0.4) is 0 Å². The number of rotatable bonds is 6. The van der Waals surface area contributed by atoms with Crippen molar-refractivity contribution in [1.29, 1.82) is 0 Å². The van der Waals surface area contributed by atoms with Crippen molar-refractivity contribution in [3.8, 4) is 5.88 Å². The van der Waals surface area contributed by atoms with Crippen LogP contribution in [0.4, 0.5) is 0 Å². The lowest BCUT2D eigenvalue weighted by Crippen LogP contribution is -2.44. The first-order valence-electron chi connectivity index (χ1n) is 9.41. The fourth-order valence-corrected chi connectivity index (χ4v) is 5.06. The van der Waals surface area contributed by atoms with Crippen molar-refractivity contribution in [2.24, 2.45) is 4.99 Å². The number of aromatic nitrogens is 1. The molecule has 1 aliphatic carbocycles. The van der Waals surface area contributed by atoms with E-state index in [-0.39, 0.29) is 23.7 Å². The molecule has 144 valence electrons. The van der Waals surface area contributed by atoms with E-state index in [1.54, 1.807) is 6.20 Å². The number of hydrogen-bond donors (Lipinski definition) is 2. The first kappa shape index (κ1) is 18.9. The first-order chi connectivity index (χ1) is 12.5. The van der Waals surface area contributed by atoms with E-state index in [9.17, 15) is 8.42 Å². The van der Waals surface area contributed by atoms with Gasteiger partial charge in [0.25, 0.3) is 0 Å². The molecule has 1 atom stereocenters. The highest BCUT2D eigenvalue weighted by Gasteiger charge is 2.28. The van der Waals surface area contributed by atoms with E-state index in [4.69, 9.17) is 4.74 Å². The SMILES string of the molecule is CCNC(=NCc1ccnc(OC2CCCC2)c1)NC1CCS(=O)(=O)C1. The van der Waals surface area contributed by atoms with Crippen molar-refractivity contribution in [1.82, 2.24) is 15.6 Å². The molecule has 0 aromatic carbocycles. The second-order valence-corrected chi connectivity index (χ2v) is 9.19. The highest BCUT2D eigenvalue weighted by atomic mass is 32.2. The maximum absolute atomic E-state index is 11.6. The summed E-state index contributed by atoms with van der Waals surface area (Å²) in [5, 5.41) is 6.41. The summed E-state index contributed by atoms with van der Waals surface area (Å²) < 4.78 is 29.2. The van der Waals surface area contributed by atoms with Crippen LogP contribution in [-0.2, 0) is 16.4 Å². The van der Waals surface area contributed by atoms with Crippen molar-refractivity contribution in [2.45, 2.75) is 57.7 Å². The second-order valence-electron chi connectivity index (χ2n) is 6.97. The van der Waals surface area contributed by atoms with Crippen molar-refractivity contribution in [3.63, 3.8) is 0 Å². The Morgan fingerprint density at radius 2 is 2.15 bits per heavy atom. The van der Waals surface area contributed by atoms with E-state index < -0.39 is 9.84 Å². The molecule has 1 aliphatic heterocycles. The van der Waals surface area contributed by atoms with Crippen LogP contribution in [0.1, 0.15) is 44.6 Å². The van der Waals surface area contributed by atoms with Gasteiger partial charge >= 0.3 is 0 Å². The molecule has 26 heavy (non-hydrogen) atoms. The normalized spacial score (nSPS) is 23.1. The second kappa shape index (κ2) is 8.70. The number of guanidine groups is 1. The summed E-state index contributed by atoms with van der Waals surface area (Å²) >= 11 is 0. The largest absolute Gasteiger partial charge is 0.474 e. The molecule has 0 spiro atoms. The number of pyridine rings is 1. The molecule has 2 N–H and O–H groups in total. The summed E-state index contributed by atoms with van der Waals surface area (Å²) in [4.78, 5) is 8.88. The minimum absolute atomic E-state index is 0.0727. The van der Waals surface area contributed by atoms with Crippen LogP contribution in [0, 0.1) is 0 Å². The van der Waals surface area contributed by atoms with E-state index in [2.05, 4.69) is 20.6 Å². The fourth-order valence-electron chi connectivity index (χ4n) is 3.38. The van der Waals surface area contributed by atoms with Crippen molar-refractivity contribution < 1.29 is 13.2 Å². The highest BCUT2D eigenvalue weighted by molar-refractivity contribution is 7.91. The van der Waals surface area contributed by atoms with Gasteiger partial charge in [-0.3, -0.25) is 0 Å². The van der Waals surface area contributed by atoms with Crippen LogP contribution >= 0.6 is 0 Å². The molecule has 2 aliphatic rings. The van der Waals surface area contributed by atoms with Gasteiger partial charge in [-0.25, -0.2) is 18.4 Å². The third kappa shape index (κ3) is 5.59. The maximum Gasteiger partial charge on any atom is 0.213 e. The van der Waals surface area contributed by atoms with Crippen LogP contribution < -0.4 is 15.4 Å². The standard InChI is InChI=1S/C18H28N4O3S/c1-2-19-18(22-15-8-10-26(23,24)13-15)21-12-14-7-9-20-17(11-14)25-16-5-3-4-6-16/h7,9,11,15-16H,2-6,8,10,12-13H2,1H3,(H2,19,21,22). The molecule has 8 heteroatoms. The molecular weight excluding hydrogens is 352 g/mol. The van der Waals surface area contributed by atoms with Crippen LogP contribution in [-0.4, -0.2) is 49.6 Å². The zero-order valence-corrected chi connectivity index (χ0v) is 16.1. The average molecular weight is 381 g/mol.